The summed E-state index contributed by atoms with van der Waals surface area (Å²) in [5.74, 6) is -0.677. The number of benzene rings is 1. The number of sulfonamides is 1. The van der Waals surface area contributed by atoms with E-state index < -0.39 is 16.0 Å². The van der Waals surface area contributed by atoms with Crippen LogP contribution in [0.1, 0.15) is 11.1 Å². The Morgan fingerprint density at radius 3 is 2.50 bits per heavy atom. The van der Waals surface area contributed by atoms with Crippen LogP contribution in [0.5, 0.6) is 0 Å². The van der Waals surface area contributed by atoms with Gasteiger partial charge in [-0.15, -0.1) is 0 Å². The highest BCUT2D eigenvalue weighted by Gasteiger charge is 2.21. The number of nitrogens with one attached hydrogen (secondary N) is 1. The fraction of sp³-hybridized carbons (Fsp3) is 0.154. The number of nitrogens with zero attached hydrogens (tertiary/aromatic N) is 1. The van der Waals surface area contributed by atoms with Crippen LogP contribution in [-0.4, -0.2) is 13.4 Å². The minimum absolute atomic E-state index is 0.127. The van der Waals surface area contributed by atoms with Gasteiger partial charge in [0, 0.05) is 5.69 Å². The summed E-state index contributed by atoms with van der Waals surface area (Å²) in [6, 6.07) is 5.68. The number of nitrogens with two attached hydrogens (primary N) is 1. The van der Waals surface area contributed by atoms with Crippen LogP contribution in [0.4, 0.5) is 15.8 Å². The molecule has 2 rings (SSSR count). The molecule has 0 saturated carbocycles. The number of hydrogen-bond donors (Lipinski definition) is 2. The van der Waals surface area contributed by atoms with Crippen molar-refractivity contribution in [1.82, 2.24) is 4.98 Å². The van der Waals surface area contributed by atoms with E-state index in [1.165, 1.54) is 6.07 Å². The first-order chi connectivity index (χ1) is 9.31. The van der Waals surface area contributed by atoms with Gasteiger partial charge < -0.3 is 5.73 Å². The first-order valence-corrected chi connectivity index (χ1v) is 7.29. The molecule has 1 aromatic heterocycles. The summed E-state index contributed by atoms with van der Waals surface area (Å²) in [4.78, 5) is 3.53. The lowest BCUT2D eigenvalue weighted by Crippen LogP contribution is -2.16. The molecule has 0 amide bonds. The smallest absolute Gasteiger partial charge is 0.262 e. The second-order valence-electron chi connectivity index (χ2n) is 4.40. The third-order valence-electron chi connectivity index (χ3n) is 2.89. The molecule has 0 bridgehead atoms. The van der Waals surface area contributed by atoms with Crippen LogP contribution >= 0.6 is 0 Å². The molecule has 7 heteroatoms. The topological polar surface area (TPSA) is 85.1 Å². The van der Waals surface area contributed by atoms with Crippen LogP contribution in [0, 0.1) is 19.8 Å². The van der Waals surface area contributed by atoms with E-state index in [2.05, 4.69) is 9.71 Å². The maximum absolute atomic E-state index is 12.7. The van der Waals surface area contributed by atoms with Gasteiger partial charge in [0.1, 0.15) is 0 Å². The number of rotatable bonds is 3. The zero-order valence-electron chi connectivity index (χ0n) is 11.0. The van der Waals surface area contributed by atoms with Crippen molar-refractivity contribution in [3.8, 4) is 0 Å². The molecule has 3 N–H and O–H groups in total. The van der Waals surface area contributed by atoms with E-state index in [-0.39, 0.29) is 10.6 Å². The van der Waals surface area contributed by atoms with Gasteiger partial charge >= 0.3 is 0 Å². The average molecular weight is 295 g/mol. The SMILES string of the molecule is Cc1ccc(N)c(C)c1S(=O)(=O)Nc1ccc(F)nc1. The lowest BCUT2D eigenvalue weighted by molar-refractivity contribution is 0.583. The molecule has 20 heavy (non-hydrogen) atoms. The lowest BCUT2D eigenvalue weighted by Gasteiger charge is -2.14. The van der Waals surface area contributed by atoms with Crippen molar-refractivity contribution in [3.63, 3.8) is 0 Å². The number of hydrogen-bond acceptors (Lipinski definition) is 4. The van der Waals surface area contributed by atoms with E-state index in [1.807, 2.05) is 0 Å². The van der Waals surface area contributed by atoms with Crippen LogP contribution in [0.2, 0.25) is 0 Å². The lowest BCUT2D eigenvalue weighted by atomic mass is 10.1. The minimum Gasteiger partial charge on any atom is -0.398 e. The number of aryl methyl sites for hydroxylation is 1. The Kier molecular flexibility index (Phi) is 3.63. The highest BCUT2D eigenvalue weighted by Crippen LogP contribution is 2.26. The highest BCUT2D eigenvalue weighted by atomic mass is 32.2. The van der Waals surface area contributed by atoms with Crippen molar-refractivity contribution >= 4 is 21.4 Å². The van der Waals surface area contributed by atoms with Crippen molar-refractivity contribution in [1.29, 1.82) is 0 Å². The number of anilines is 2. The van der Waals surface area contributed by atoms with Gasteiger partial charge in [-0.3, -0.25) is 4.72 Å². The average Bonchev–Trinajstić information content (AvgIpc) is 2.37. The summed E-state index contributed by atoms with van der Waals surface area (Å²) in [6.45, 7) is 3.32. The number of halogens is 1. The molecule has 0 aliphatic rings. The van der Waals surface area contributed by atoms with Crippen molar-refractivity contribution in [2.45, 2.75) is 18.7 Å². The molecular weight excluding hydrogens is 281 g/mol. The summed E-state index contributed by atoms with van der Waals surface area (Å²) in [7, 11) is -3.80. The van der Waals surface area contributed by atoms with E-state index in [0.29, 0.717) is 16.8 Å². The van der Waals surface area contributed by atoms with Crippen molar-refractivity contribution < 1.29 is 12.8 Å². The number of aromatic nitrogens is 1. The van der Waals surface area contributed by atoms with Crippen molar-refractivity contribution in [2.75, 3.05) is 10.5 Å². The maximum Gasteiger partial charge on any atom is 0.262 e. The number of nitrogen functional groups attached to an aromatic ring is 1. The van der Waals surface area contributed by atoms with Gasteiger partial charge in [0.15, 0.2) is 0 Å². The first-order valence-electron chi connectivity index (χ1n) is 5.81. The molecular formula is C13H14FN3O2S. The molecule has 0 radical (unpaired) electrons. The Morgan fingerprint density at radius 1 is 1.20 bits per heavy atom. The Bertz CT molecular complexity index is 743. The molecule has 0 spiro atoms. The summed E-state index contributed by atoms with van der Waals surface area (Å²) in [6.07, 6.45) is 1.11. The highest BCUT2D eigenvalue weighted by molar-refractivity contribution is 7.92. The molecule has 1 aromatic carbocycles. The van der Waals surface area contributed by atoms with Crippen LogP contribution in [0.25, 0.3) is 0 Å². The minimum atomic E-state index is -3.80. The largest absolute Gasteiger partial charge is 0.398 e. The molecule has 5 nitrogen and oxygen atoms in total. The van der Waals surface area contributed by atoms with Crippen LogP contribution in [0.15, 0.2) is 35.4 Å². The zero-order valence-corrected chi connectivity index (χ0v) is 11.8. The first kappa shape index (κ1) is 14.3. The third-order valence-corrected chi connectivity index (χ3v) is 4.56. The van der Waals surface area contributed by atoms with Gasteiger partial charge in [0.2, 0.25) is 5.95 Å². The van der Waals surface area contributed by atoms with Gasteiger partial charge in [-0.05, 0) is 43.2 Å². The van der Waals surface area contributed by atoms with Crippen LogP contribution in [0.3, 0.4) is 0 Å². The number of pyridine rings is 1. The van der Waals surface area contributed by atoms with Gasteiger partial charge in [0.05, 0.1) is 16.8 Å². The molecule has 0 aliphatic carbocycles. The Labute approximate surface area is 116 Å². The Hall–Kier alpha value is -2.15. The van der Waals surface area contributed by atoms with Crippen molar-refractivity contribution in [3.05, 3.63) is 47.5 Å². The fourth-order valence-corrected chi connectivity index (χ4v) is 3.44. The van der Waals surface area contributed by atoms with E-state index in [4.69, 9.17) is 5.73 Å². The van der Waals surface area contributed by atoms with E-state index in [1.54, 1.807) is 26.0 Å². The van der Waals surface area contributed by atoms with Gasteiger partial charge in [-0.1, -0.05) is 6.07 Å². The summed E-state index contributed by atoms with van der Waals surface area (Å²) in [5.41, 5.74) is 7.39. The normalized spacial score (nSPS) is 11.3. The standard InChI is InChI=1S/C13H14FN3O2S/c1-8-3-5-11(15)9(2)13(8)20(18,19)17-10-4-6-12(14)16-7-10/h3-7,17H,15H2,1-2H3. The van der Waals surface area contributed by atoms with E-state index >= 15 is 0 Å². The van der Waals surface area contributed by atoms with Crippen molar-refractivity contribution in [2.24, 2.45) is 0 Å². The summed E-state index contributed by atoms with van der Waals surface area (Å²) < 4.78 is 39.9. The molecule has 0 aliphatic heterocycles. The van der Waals surface area contributed by atoms with E-state index in [9.17, 15) is 12.8 Å². The zero-order chi connectivity index (χ0) is 14.9. The summed E-state index contributed by atoms with van der Waals surface area (Å²) in [5, 5.41) is 0. The van der Waals surface area contributed by atoms with Crippen LogP contribution < -0.4 is 10.5 Å². The van der Waals surface area contributed by atoms with Gasteiger partial charge in [-0.2, -0.15) is 4.39 Å². The molecule has 0 fully saturated rings. The fourth-order valence-electron chi connectivity index (χ4n) is 1.90. The second-order valence-corrected chi connectivity index (χ2v) is 6.02. The maximum atomic E-state index is 12.7. The van der Waals surface area contributed by atoms with Gasteiger partial charge in [0.25, 0.3) is 10.0 Å². The van der Waals surface area contributed by atoms with E-state index in [0.717, 1.165) is 12.3 Å². The predicted octanol–water partition coefficient (Wildman–Crippen LogP) is 2.22. The Balaban J connectivity index is 2.46. The monoisotopic (exact) mass is 295 g/mol. The van der Waals surface area contributed by atoms with Crippen LogP contribution in [-0.2, 0) is 10.0 Å². The molecule has 0 unspecified atom stereocenters. The molecule has 0 saturated heterocycles. The second kappa shape index (κ2) is 5.09. The third kappa shape index (κ3) is 2.72. The quantitative estimate of drug-likeness (QED) is 0.671. The van der Waals surface area contributed by atoms with Gasteiger partial charge in [-0.25, -0.2) is 13.4 Å². The molecule has 106 valence electrons. The predicted molar refractivity (Wildman–Crippen MR) is 75.3 cm³/mol. The summed E-state index contributed by atoms with van der Waals surface area (Å²) >= 11 is 0. The Morgan fingerprint density at radius 2 is 1.90 bits per heavy atom. The molecule has 2 aromatic rings. The molecule has 0 atom stereocenters. The molecule has 1 heterocycles.